The Morgan fingerprint density at radius 1 is 1.47 bits per heavy atom. The fourth-order valence-corrected chi connectivity index (χ4v) is 1.44. The largest absolute Gasteiger partial charge is 0.399 e. The summed E-state index contributed by atoms with van der Waals surface area (Å²) in [5.41, 5.74) is 6.61. The number of benzene rings is 1. The molecule has 0 aliphatic carbocycles. The van der Waals surface area contributed by atoms with Gasteiger partial charge < -0.3 is 21.1 Å². The highest BCUT2D eigenvalue weighted by Crippen LogP contribution is 2.20. The summed E-state index contributed by atoms with van der Waals surface area (Å²) in [4.78, 5) is 13.3. The second-order valence-electron chi connectivity index (χ2n) is 4.29. The Labute approximate surface area is 110 Å². The molecular formula is C12H17F2N3O2. The number of rotatable bonds is 5. The maximum absolute atomic E-state index is 12.2. The molecule has 1 amide bonds. The minimum absolute atomic E-state index is 0.283. The van der Waals surface area contributed by atoms with E-state index in [1.54, 1.807) is 20.2 Å². The van der Waals surface area contributed by atoms with Crippen LogP contribution < -0.4 is 11.1 Å². The number of nitrogens with two attached hydrogens (primary N) is 1. The Bertz CT molecular complexity index is 453. The summed E-state index contributed by atoms with van der Waals surface area (Å²) >= 11 is 0. The zero-order valence-electron chi connectivity index (χ0n) is 10.7. The molecule has 1 unspecified atom stereocenters. The summed E-state index contributed by atoms with van der Waals surface area (Å²) in [6.07, 6.45) is -4.65. The standard InChI is InChI=1S/C12H17F2N3O2/c1-17(2)12(19)8-4-3-7(15)5-9(8)16-6-10(18)11(13)14/h3-5,10-11,16,18H,6,15H2,1-2H3. The van der Waals surface area contributed by atoms with Gasteiger partial charge in [0.2, 0.25) is 0 Å². The molecule has 19 heavy (non-hydrogen) atoms. The van der Waals surface area contributed by atoms with Crippen molar-refractivity contribution in [2.24, 2.45) is 0 Å². The number of carbonyl (C=O) groups excluding carboxylic acids is 1. The second kappa shape index (κ2) is 6.33. The number of nitrogens with one attached hydrogen (secondary N) is 1. The van der Waals surface area contributed by atoms with Crippen molar-refractivity contribution in [3.63, 3.8) is 0 Å². The van der Waals surface area contributed by atoms with E-state index in [2.05, 4.69) is 5.32 Å². The summed E-state index contributed by atoms with van der Waals surface area (Å²) < 4.78 is 24.4. The van der Waals surface area contributed by atoms with Gasteiger partial charge in [0.25, 0.3) is 12.3 Å². The van der Waals surface area contributed by atoms with Crippen molar-refractivity contribution >= 4 is 17.3 Å². The number of aliphatic hydroxyl groups excluding tert-OH is 1. The van der Waals surface area contributed by atoms with Crippen LogP contribution in [0.15, 0.2) is 18.2 Å². The van der Waals surface area contributed by atoms with E-state index in [1.165, 1.54) is 17.0 Å². The lowest BCUT2D eigenvalue weighted by atomic mass is 10.1. The SMILES string of the molecule is CN(C)C(=O)c1ccc(N)cc1NCC(O)C(F)F. The highest BCUT2D eigenvalue weighted by molar-refractivity contribution is 6.00. The summed E-state index contributed by atoms with van der Waals surface area (Å²) in [6.45, 7) is -0.366. The lowest BCUT2D eigenvalue weighted by molar-refractivity contribution is 0.00384. The van der Waals surface area contributed by atoms with Crippen LogP contribution in [0.4, 0.5) is 20.2 Å². The van der Waals surface area contributed by atoms with Crippen molar-refractivity contribution < 1.29 is 18.7 Å². The van der Waals surface area contributed by atoms with Crippen molar-refractivity contribution in [2.75, 3.05) is 31.7 Å². The number of halogens is 2. The number of anilines is 2. The number of aliphatic hydroxyl groups is 1. The number of nitrogen functional groups attached to an aromatic ring is 1. The van der Waals surface area contributed by atoms with Gasteiger partial charge in [-0.3, -0.25) is 4.79 Å². The summed E-state index contributed by atoms with van der Waals surface area (Å²) in [7, 11) is 3.16. The van der Waals surface area contributed by atoms with Gasteiger partial charge in [0, 0.05) is 32.0 Å². The maximum atomic E-state index is 12.2. The third kappa shape index (κ3) is 4.06. The molecule has 0 saturated heterocycles. The number of alkyl halides is 2. The lowest BCUT2D eigenvalue weighted by Crippen LogP contribution is -2.28. The number of hydrogen-bond donors (Lipinski definition) is 3. The number of amides is 1. The molecule has 5 nitrogen and oxygen atoms in total. The van der Waals surface area contributed by atoms with Crippen LogP contribution in [0.5, 0.6) is 0 Å². The third-order valence-corrected chi connectivity index (χ3v) is 2.47. The molecule has 0 aliphatic heterocycles. The predicted octanol–water partition coefficient (Wildman–Crippen LogP) is 1.01. The first-order valence-electron chi connectivity index (χ1n) is 5.64. The minimum atomic E-state index is -2.85. The highest BCUT2D eigenvalue weighted by Gasteiger charge is 2.18. The molecule has 0 bridgehead atoms. The van der Waals surface area contributed by atoms with Crippen LogP contribution >= 0.6 is 0 Å². The normalized spacial score (nSPS) is 12.3. The summed E-state index contributed by atoms with van der Waals surface area (Å²) in [6, 6.07) is 4.52. The second-order valence-corrected chi connectivity index (χ2v) is 4.29. The number of nitrogens with zero attached hydrogens (tertiary/aromatic N) is 1. The van der Waals surface area contributed by atoms with Gasteiger partial charge in [-0.05, 0) is 18.2 Å². The molecule has 0 radical (unpaired) electrons. The molecule has 0 saturated carbocycles. The molecule has 0 fully saturated rings. The van der Waals surface area contributed by atoms with Crippen LogP contribution in [0.2, 0.25) is 0 Å². The summed E-state index contributed by atoms with van der Waals surface area (Å²) in [5.74, 6) is -0.283. The molecule has 0 heterocycles. The Hall–Kier alpha value is -1.89. The predicted molar refractivity (Wildman–Crippen MR) is 69.4 cm³/mol. The van der Waals surface area contributed by atoms with E-state index >= 15 is 0 Å². The average Bonchev–Trinajstić information content (AvgIpc) is 2.34. The van der Waals surface area contributed by atoms with E-state index in [9.17, 15) is 13.6 Å². The molecule has 0 spiro atoms. The maximum Gasteiger partial charge on any atom is 0.265 e. The van der Waals surface area contributed by atoms with Crippen LogP contribution in [0.3, 0.4) is 0 Å². The van der Waals surface area contributed by atoms with E-state index in [4.69, 9.17) is 10.8 Å². The Morgan fingerprint density at radius 2 is 2.11 bits per heavy atom. The first-order chi connectivity index (χ1) is 8.82. The van der Waals surface area contributed by atoms with Gasteiger partial charge in [0.05, 0.1) is 5.56 Å². The molecule has 1 aromatic rings. The van der Waals surface area contributed by atoms with Crippen molar-refractivity contribution in [1.82, 2.24) is 4.90 Å². The molecule has 1 atom stereocenters. The first-order valence-corrected chi connectivity index (χ1v) is 5.64. The average molecular weight is 273 g/mol. The fourth-order valence-electron chi connectivity index (χ4n) is 1.44. The Morgan fingerprint density at radius 3 is 2.63 bits per heavy atom. The van der Waals surface area contributed by atoms with E-state index in [0.29, 0.717) is 16.9 Å². The lowest BCUT2D eigenvalue weighted by Gasteiger charge is -2.17. The molecule has 1 aromatic carbocycles. The highest BCUT2D eigenvalue weighted by atomic mass is 19.3. The number of carbonyl (C=O) groups is 1. The van der Waals surface area contributed by atoms with Crippen LogP contribution in [-0.4, -0.2) is 49.1 Å². The van der Waals surface area contributed by atoms with E-state index in [0.717, 1.165) is 0 Å². The number of hydrogen-bond acceptors (Lipinski definition) is 4. The molecule has 0 aliphatic rings. The molecule has 106 valence electrons. The van der Waals surface area contributed by atoms with E-state index in [-0.39, 0.29) is 12.5 Å². The van der Waals surface area contributed by atoms with E-state index in [1.807, 2.05) is 0 Å². The van der Waals surface area contributed by atoms with Gasteiger partial charge in [-0.1, -0.05) is 0 Å². The molecule has 0 aromatic heterocycles. The molecular weight excluding hydrogens is 256 g/mol. The topological polar surface area (TPSA) is 78.6 Å². The van der Waals surface area contributed by atoms with Gasteiger partial charge in [-0.2, -0.15) is 0 Å². The Balaban J connectivity index is 2.92. The molecule has 1 rings (SSSR count). The third-order valence-electron chi connectivity index (χ3n) is 2.47. The van der Waals surface area contributed by atoms with Gasteiger partial charge in [-0.25, -0.2) is 8.78 Å². The van der Waals surface area contributed by atoms with Gasteiger partial charge >= 0.3 is 0 Å². The molecule has 7 heteroatoms. The zero-order valence-corrected chi connectivity index (χ0v) is 10.7. The van der Waals surface area contributed by atoms with Gasteiger partial charge in [0.1, 0.15) is 6.10 Å². The van der Waals surface area contributed by atoms with Crippen LogP contribution in [0, 0.1) is 0 Å². The van der Waals surface area contributed by atoms with Crippen molar-refractivity contribution in [1.29, 1.82) is 0 Å². The first kappa shape index (κ1) is 15.2. The van der Waals surface area contributed by atoms with Gasteiger partial charge in [0.15, 0.2) is 0 Å². The van der Waals surface area contributed by atoms with Gasteiger partial charge in [-0.15, -0.1) is 0 Å². The van der Waals surface area contributed by atoms with Crippen LogP contribution in [-0.2, 0) is 0 Å². The Kier molecular flexibility index (Phi) is 5.05. The zero-order chi connectivity index (χ0) is 14.6. The van der Waals surface area contributed by atoms with Crippen LogP contribution in [0.25, 0.3) is 0 Å². The monoisotopic (exact) mass is 273 g/mol. The quantitative estimate of drug-likeness (QED) is 0.700. The smallest absolute Gasteiger partial charge is 0.265 e. The van der Waals surface area contributed by atoms with Crippen molar-refractivity contribution in [2.45, 2.75) is 12.5 Å². The minimum Gasteiger partial charge on any atom is -0.399 e. The van der Waals surface area contributed by atoms with Crippen molar-refractivity contribution in [3.8, 4) is 0 Å². The summed E-state index contributed by atoms with van der Waals surface area (Å²) in [5, 5.41) is 11.7. The fraction of sp³-hybridized carbons (Fsp3) is 0.417. The van der Waals surface area contributed by atoms with Crippen LogP contribution in [0.1, 0.15) is 10.4 Å². The van der Waals surface area contributed by atoms with E-state index < -0.39 is 12.5 Å². The molecule has 4 N–H and O–H groups in total. The van der Waals surface area contributed by atoms with Crippen molar-refractivity contribution in [3.05, 3.63) is 23.8 Å².